The predicted octanol–water partition coefficient (Wildman–Crippen LogP) is -1.62. The van der Waals surface area contributed by atoms with Crippen LogP contribution in [-0.2, 0) is 0 Å². The van der Waals surface area contributed by atoms with E-state index in [0.29, 0.717) is 5.56 Å². The van der Waals surface area contributed by atoms with Gasteiger partial charge < -0.3 is 9.90 Å². The van der Waals surface area contributed by atoms with Crippen LogP contribution in [0.5, 0.6) is 0 Å². The molecule has 96 valence electrons. The number of carboxylic acids is 1. The third kappa shape index (κ3) is 3.64. The van der Waals surface area contributed by atoms with E-state index in [0.717, 1.165) is 7.14 Å². The fourth-order valence-corrected chi connectivity index (χ4v) is 3.86. The first-order valence-electron chi connectivity index (χ1n) is 5.63. The monoisotopic (exact) mass is 366 g/mol. The van der Waals surface area contributed by atoms with Gasteiger partial charge in [0.1, 0.15) is 0 Å². The van der Waals surface area contributed by atoms with Crippen molar-refractivity contribution in [3.05, 3.63) is 66.8 Å². The summed E-state index contributed by atoms with van der Waals surface area (Å²) in [5.74, 6) is -1.11. The number of Topliss-reactive ketones (excluding diaryl/α,β-unsaturated/α-hetero) is 1. The Morgan fingerprint density at radius 1 is 0.947 bits per heavy atom. The highest BCUT2D eigenvalue weighted by Gasteiger charge is 2.16. The molecule has 0 aromatic heterocycles. The maximum atomic E-state index is 11.2. The highest BCUT2D eigenvalue weighted by Crippen LogP contribution is 1.99. The van der Waals surface area contributed by atoms with E-state index in [9.17, 15) is 14.7 Å². The zero-order valence-electron chi connectivity index (χ0n) is 10.2. The normalized spacial score (nSPS) is 10.2. The van der Waals surface area contributed by atoms with Crippen molar-refractivity contribution >= 4 is 11.8 Å². The third-order valence-electron chi connectivity index (χ3n) is 2.53. The first-order valence-corrected chi connectivity index (χ1v) is 7.79. The SMILES string of the molecule is CC(=O)c1ccc([I+]c2cccc(C(=O)[O-])c2)cc1. The zero-order valence-corrected chi connectivity index (χ0v) is 12.4. The molecule has 0 spiro atoms. The van der Waals surface area contributed by atoms with Crippen molar-refractivity contribution in [3.63, 3.8) is 0 Å². The van der Waals surface area contributed by atoms with Crippen LogP contribution in [0.4, 0.5) is 0 Å². The van der Waals surface area contributed by atoms with Crippen molar-refractivity contribution in [1.29, 1.82) is 0 Å². The van der Waals surface area contributed by atoms with Crippen molar-refractivity contribution in [2.75, 3.05) is 0 Å². The van der Waals surface area contributed by atoms with Gasteiger partial charge in [0, 0.05) is 17.2 Å². The van der Waals surface area contributed by atoms with Gasteiger partial charge in [0.05, 0.1) is 5.97 Å². The van der Waals surface area contributed by atoms with Crippen LogP contribution >= 0.6 is 0 Å². The second-order valence-corrected chi connectivity index (χ2v) is 6.99. The van der Waals surface area contributed by atoms with E-state index in [2.05, 4.69) is 0 Å². The number of hydrogen-bond donors (Lipinski definition) is 0. The molecule has 0 aliphatic carbocycles. The Labute approximate surface area is 121 Å². The number of hydrogen-bond acceptors (Lipinski definition) is 3. The van der Waals surface area contributed by atoms with Gasteiger partial charge in [-0.05, 0) is 37.3 Å². The molecule has 0 heterocycles. The van der Waals surface area contributed by atoms with E-state index in [1.807, 2.05) is 18.2 Å². The molecule has 4 heteroatoms. The summed E-state index contributed by atoms with van der Waals surface area (Å²) in [5.41, 5.74) is 0.897. The lowest BCUT2D eigenvalue weighted by molar-refractivity contribution is -0.597. The summed E-state index contributed by atoms with van der Waals surface area (Å²) in [6, 6.07) is 14.3. The van der Waals surface area contributed by atoms with Crippen LogP contribution in [0.25, 0.3) is 0 Å². The molecule has 0 amide bonds. The van der Waals surface area contributed by atoms with Gasteiger partial charge in [0.2, 0.25) is 0 Å². The topological polar surface area (TPSA) is 57.2 Å². The van der Waals surface area contributed by atoms with E-state index >= 15 is 0 Å². The van der Waals surface area contributed by atoms with Gasteiger partial charge in [-0.3, -0.25) is 4.79 Å². The van der Waals surface area contributed by atoms with E-state index in [1.54, 1.807) is 24.3 Å². The molecule has 19 heavy (non-hydrogen) atoms. The first kappa shape index (κ1) is 13.7. The molecule has 2 aromatic rings. The molecule has 0 aliphatic heterocycles. The molecule has 0 aliphatic rings. The highest BCUT2D eigenvalue weighted by molar-refractivity contribution is 5.93. The third-order valence-corrected chi connectivity index (χ3v) is 5.17. The van der Waals surface area contributed by atoms with Crippen LogP contribution < -0.4 is 26.3 Å². The second kappa shape index (κ2) is 5.97. The van der Waals surface area contributed by atoms with Gasteiger partial charge in [0.15, 0.2) is 12.9 Å². The summed E-state index contributed by atoms with van der Waals surface area (Å²) in [6.07, 6.45) is 0. The maximum absolute atomic E-state index is 11.2. The quantitative estimate of drug-likeness (QED) is 0.483. The molecule has 0 saturated heterocycles. The predicted molar refractivity (Wildman–Crippen MR) is 64.6 cm³/mol. The van der Waals surface area contributed by atoms with E-state index < -0.39 is 27.2 Å². The summed E-state index contributed by atoms with van der Waals surface area (Å²) >= 11 is -0.449. The van der Waals surface area contributed by atoms with Crippen molar-refractivity contribution in [3.8, 4) is 0 Å². The fraction of sp³-hybridized carbons (Fsp3) is 0.0667. The average molecular weight is 366 g/mol. The molecule has 0 fully saturated rings. The number of halogens is 1. The van der Waals surface area contributed by atoms with Crippen molar-refractivity contribution in [2.45, 2.75) is 6.92 Å². The molecule has 2 aromatic carbocycles. The lowest BCUT2D eigenvalue weighted by atomic mass is 10.2. The van der Waals surface area contributed by atoms with E-state index in [1.165, 1.54) is 13.0 Å². The van der Waals surface area contributed by atoms with Gasteiger partial charge in [-0.1, -0.05) is 12.1 Å². The van der Waals surface area contributed by atoms with Crippen LogP contribution in [0.3, 0.4) is 0 Å². The maximum Gasteiger partial charge on any atom is 0.357 e. The van der Waals surface area contributed by atoms with Crippen LogP contribution in [0, 0.1) is 7.14 Å². The van der Waals surface area contributed by atoms with Gasteiger partial charge in [-0.15, -0.1) is 0 Å². The summed E-state index contributed by atoms with van der Waals surface area (Å²) < 4.78 is 2.15. The Balaban J connectivity index is 2.19. The Hall–Kier alpha value is -1.69. The second-order valence-electron chi connectivity index (χ2n) is 3.96. The molecule has 0 radical (unpaired) electrons. The molecule has 2 rings (SSSR count). The average Bonchev–Trinajstić information content (AvgIpc) is 2.39. The summed E-state index contributed by atoms with van der Waals surface area (Å²) in [4.78, 5) is 22.0. The molecular weight excluding hydrogens is 355 g/mol. The lowest BCUT2D eigenvalue weighted by Gasteiger charge is -1.99. The standard InChI is InChI=1S/C15H11IO3/c1-10(17)11-5-7-13(8-6-11)16-14-4-2-3-12(9-14)15(18)19/h2-9H,1H3. The molecule has 0 saturated carbocycles. The Kier molecular flexibility index (Phi) is 4.31. The van der Waals surface area contributed by atoms with Gasteiger partial charge in [-0.25, -0.2) is 0 Å². The first-order chi connectivity index (χ1) is 9.06. The minimum atomic E-state index is -1.15. The number of carbonyl (C=O) groups excluding carboxylic acids is 2. The Bertz CT molecular complexity index is 618. The fourth-order valence-electron chi connectivity index (χ4n) is 1.55. The van der Waals surface area contributed by atoms with Gasteiger partial charge >= 0.3 is 21.2 Å². The van der Waals surface area contributed by atoms with E-state index in [-0.39, 0.29) is 11.3 Å². The van der Waals surface area contributed by atoms with Crippen LogP contribution in [0.2, 0.25) is 0 Å². The molecular formula is C15H11IO3. The summed E-state index contributed by atoms with van der Waals surface area (Å²) in [5, 5.41) is 10.8. The Morgan fingerprint density at radius 2 is 1.63 bits per heavy atom. The molecule has 0 atom stereocenters. The van der Waals surface area contributed by atoms with Crippen LogP contribution in [0.15, 0.2) is 48.5 Å². The number of carbonyl (C=O) groups is 2. The lowest BCUT2D eigenvalue weighted by Crippen LogP contribution is -3.61. The number of ketones is 1. The van der Waals surface area contributed by atoms with Crippen LogP contribution in [-0.4, -0.2) is 11.8 Å². The summed E-state index contributed by atoms with van der Waals surface area (Å²) in [7, 11) is 0. The zero-order chi connectivity index (χ0) is 13.8. The number of carboxylic acid groups (broad SMARTS) is 1. The van der Waals surface area contributed by atoms with Crippen molar-refractivity contribution < 1.29 is 35.9 Å². The molecule has 0 unspecified atom stereocenters. The van der Waals surface area contributed by atoms with Gasteiger partial charge in [-0.2, -0.15) is 0 Å². The molecule has 3 nitrogen and oxygen atoms in total. The molecule has 0 N–H and O–H groups in total. The molecule has 0 bridgehead atoms. The van der Waals surface area contributed by atoms with Crippen molar-refractivity contribution in [2.24, 2.45) is 0 Å². The van der Waals surface area contributed by atoms with Gasteiger partial charge in [0.25, 0.3) is 0 Å². The van der Waals surface area contributed by atoms with E-state index in [4.69, 9.17) is 0 Å². The van der Waals surface area contributed by atoms with Crippen molar-refractivity contribution in [1.82, 2.24) is 0 Å². The highest BCUT2D eigenvalue weighted by atomic mass is 127. The number of rotatable bonds is 4. The minimum absolute atomic E-state index is 0.0451. The van der Waals surface area contributed by atoms with Crippen LogP contribution in [0.1, 0.15) is 27.6 Å². The smallest absolute Gasteiger partial charge is 0.357 e. The number of benzene rings is 2. The number of aromatic carboxylic acids is 1. The minimum Gasteiger partial charge on any atom is -0.545 e. The summed E-state index contributed by atoms with van der Waals surface area (Å²) in [6.45, 7) is 1.54. The Morgan fingerprint density at radius 3 is 2.21 bits per heavy atom. The largest absolute Gasteiger partial charge is 0.545 e.